The molecule has 4 aromatic rings. The van der Waals surface area contributed by atoms with E-state index in [9.17, 15) is 4.79 Å². The topological polar surface area (TPSA) is 47.4 Å². The van der Waals surface area contributed by atoms with E-state index in [0.717, 1.165) is 22.3 Å². The molecular weight excluding hydrogens is 426 g/mol. The van der Waals surface area contributed by atoms with Gasteiger partial charge in [0.15, 0.2) is 5.16 Å². The predicted octanol–water partition coefficient (Wildman–Crippen LogP) is 4.74. The fourth-order valence-electron chi connectivity index (χ4n) is 3.15. The van der Waals surface area contributed by atoms with Gasteiger partial charge in [-0.05, 0) is 49.3 Å². The summed E-state index contributed by atoms with van der Waals surface area (Å²) in [4.78, 5) is 21.5. The molecule has 5 nitrogen and oxygen atoms in total. The Labute approximate surface area is 190 Å². The van der Waals surface area contributed by atoms with Crippen LogP contribution in [0.25, 0.3) is 10.9 Å². The average Bonchev–Trinajstić information content (AvgIpc) is 3.28. The van der Waals surface area contributed by atoms with Crippen LogP contribution in [0, 0.1) is 0 Å². The van der Waals surface area contributed by atoms with Crippen molar-refractivity contribution >= 4 is 34.0 Å². The van der Waals surface area contributed by atoms with Gasteiger partial charge in [0, 0.05) is 17.2 Å². The zero-order valence-corrected chi connectivity index (χ0v) is 19.3. The molecule has 0 atom stereocenters. The van der Waals surface area contributed by atoms with E-state index in [2.05, 4.69) is 17.0 Å². The summed E-state index contributed by atoms with van der Waals surface area (Å²) in [5.41, 5.74) is 1.86. The van der Waals surface area contributed by atoms with Crippen LogP contribution in [0.2, 0.25) is 0 Å². The third-order valence-electron chi connectivity index (χ3n) is 4.80. The Hall–Kier alpha value is -2.61. The van der Waals surface area contributed by atoms with E-state index >= 15 is 0 Å². The van der Waals surface area contributed by atoms with Gasteiger partial charge in [-0.3, -0.25) is 9.36 Å². The molecule has 160 valence electrons. The van der Waals surface area contributed by atoms with Gasteiger partial charge in [0.05, 0.1) is 17.4 Å². The van der Waals surface area contributed by atoms with Crippen molar-refractivity contribution < 1.29 is 4.74 Å². The maximum Gasteiger partial charge on any atom is 0.262 e. The van der Waals surface area contributed by atoms with Gasteiger partial charge in [0.2, 0.25) is 0 Å². The number of hydrogen-bond donors (Lipinski definition) is 0. The number of hydrogen-bond acceptors (Lipinski definition) is 6. The minimum atomic E-state index is -0.0352. The van der Waals surface area contributed by atoms with Crippen LogP contribution in [-0.4, -0.2) is 41.7 Å². The van der Waals surface area contributed by atoms with Gasteiger partial charge in [-0.2, -0.15) is 0 Å². The van der Waals surface area contributed by atoms with Crippen LogP contribution in [0.15, 0.2) is 76.0 Å². The van der Waals surface area contributed by atoms with Crippen LogP contribution in [0.5, 0.6) is 5.75 Å². The summed E-state index contributed by atoms with van der Waals surface area (Å²) in [5.74, 6) is 1.45. The van der Waals surface area contributed by atoms with Gasteiger partial charge >= 0.3 is 0 Å². The predicted molar refractivity (Wildman–Crippen MR) is 129 cm³/mol. The molecule has 0 saturated heterocycles. The van der Waals surface area contributed by atoms with E-state index < -0.39 is 0 Å². The van der Waals surface area contributed by atoms with Crippen LogP contribution in [0.1, 0.15) is 10.4 Å². The first-order valence-electron chi connectivity index (χ1n) is 10.1. The number of fused-ring (bicyclic) bond motifs is 1. The quantitative estimate of drug-likeness (QED) is 0.272. The lowest BCUT2D eigenvalue weighted by atomic mass is 10.2. The van der Waals surface area contributed by atoms with Crippen molar-refractivity contribution in [2.75, 3.05) is 27.2 Å². The largest absolute Gasteiger partial charge is 0.492 e. The van der Waals surface area contributed by atoms with Crippen molar-refractivity contribution in [3.8, 4) is 5.75 Å². The summed E-state index contributed by atoms with van der Waals surface area (Å²) in [6.45, 7) is 1.90. The SMILES string of the molecule is CN(C)CCOc1ccc2nc(SCc3ccccc3)n(Cc3cccs3)c(=O)c2c1. The second-order valence-electron chi connectivity index (χ2n) is 7.47. The molecule has 0 spiro atoms. The molecule has 2 heterocycles. The van der Waals surface area contributed by atoms with Crippen LogP contribution in [-0.2, 0) is 12.3 Å². The zero-order chi connectivity index (χ0) is 21.6. The van der Waals surface area contributed by atoms with Crippen molar-refractivity contribution in [3.63, 3.8) is 0 Å². The van der Waals surface area contributed by atoms with Crippen molar-refractivity contribution in [2.45, 2.75) is 17.5 Å². The van der Waals surface area contributed by atoms with Gasteiger partial charge in [-0.15, -0.1) is 11.3 Å². The summed E-state index contributed by atoms with van der Waals surface area (Å²) in [7, 11) is 4.01. The standard InChI is InChI=1S/C24H25N3O2S2/c1-26(2)12-13-29-19-10-11-22-21(15-19)23(28)27(16-20-9-6-14-30-20)24(25-22)31-17-18-7-4-3-5-8-18/h3-11,14-15H,12-13,16-17H2,1-2H3. The van der Waals surface area contributed by atoms with E-state index in [-0.39, 0.29) is 5.56 Å². The summed E-state index contributed by atoms with van der Waals surface area (Å²) in [6, 6.07) is 19.9. The first kappa shape index (κ1) is 21.6. The van der Waals surface area contributed by atoms with Crippen LogP contribution < -0.4 is 10.3 Å². The van der Waals surface area contributed by atoms with Gasteiger partial charge in [0.1, 0.15) is 12.4 Å². The Balaban J connectivity index is 1.68. The van der Waals surface area contributed by atoms with Gasteiger partial charge < -0.3 is 9.64 Å². The second kappa shape index (κ2) is 10.1. The van der Waals surface area contributed by atoms with Gasteiger partial charge in [-0.1, -0.05) is 48.2 Å². The first-order valence-corrected chi connectivity index (χ1v) is 12.0. The van der Waals surface area contributed by atoms with Crippen molar-refractivity contribution in [1.29, 1.82) is 0 Å². The van der Waals surface area contributed by atoms with Crippen molar-refractivity contribution in [3.05, 3.63) is 86.8 Å². The summed E-state index contributed by atoms with van der Waals surface area (Å²) < 4.78 is 7.62. The molecule has 0 N–H and O–H groups in total. The number of thiophene rings is 1. The fraction of sp³-hybridized carbons (Fsp3) is 0.250. The van der Waals surface area contributed by atoms with Crippen LogP contribution >= 0.6 is 23.1 Å². The Morgan fingerprint density at radius 3 is 2.68 bits per heavy atom. The molecular formula is C24H25N3O2S2. The fourth-order valence-corrected chi connectivity index (χ4v) is 4.79. The monoisotopic (exact) mass is 451 g/mol. The molecule has 0 unspecified atom stereocenters. The molecule has 31 heavy (non-hydrogen) atoms. The van der Waals surface area contributed by atoms with E-state index in [1.165, 1.54) is 5.56 Å². The molecule has 0 radical (unpaired) electrons. The van der Waals surface area contributed by atoms with E-state index in [1.54, 1.807) is 27.7 Å². The maximum absolute atomic E-state index is 13.5. The average molecular weight is 452 g/mol. The number of likely N-dealkylation sites (N-methyl/N-ethyl adjacent to an activating group) is 1. The lowest BCUT2D eigenvalue weighted by Gasteiger charge is -2.14. The number of ether oxygens (including phenoxy) is 1. The molecule has 0 aliphatic heterocycles. The minimum Gasteiger partial charge on any atom is -0.492 e. The number of benzene rings is 2. The van der Waals surface area contributed by atoms with E-state index in [4.69, 9.17) is 9.72 Å². The minimum absolute atomic E-state index is 0.0352. The smallest absolute Gasteiger partial charge is 0.262 e. The molecule has 2 aromatic carbocycles. The molecule has 0 saturated carbocycles. The Morgan fingerprint density at radius 2 is 1.94 bits per heavy atom. The van der Waals surface area contributed by atoms with E-state index in [1.807, 2.05) is 68.0 Å². The molecule has 4 rings (SSSR count). The maximum atomic E-state index is 13.5. The Bertz CT molecular complexity index is 1190. The molecule has 0 aliphatic carbocycles. The lowest BCUT2D eigenvalue weighted by Crippen LogP contribution is -2.24. The lowest BCUT2D eigenvalue weighted by molar-refractivity contribution is 0.261. The molecule has 0 fully saturated rings. The number of rotatable bonds is 9. The third-order valence-corrected chi connectivity index (χ3v) is 6.71. The molecule has 0 amide bonds. The molecule has 0 aliphatic rings. The molecule has 2 aromatic heterocycles. The Kier molecular flexibility index (Phi) is 7.06. The van der Waals surface area contributed by atoms with E-state index in [0.29, 0.717) is 29.8 Å². The highest BCUT2D eigenvalue weighted by Gasteiger charge is 2.14. The van der Waals surface area contributed by atoms with Crippen LogP contribution in [0.4, 0.5) is 0 Å². The zero-order valence-electron chi connectivity index (χ0n) is 17.7. The highest BCUT2D eigenvalue weighted by Crippen LogP contribution is 2.25. The van der Waals surface area contributed by atoms with Gasteiger partial charge in [0.25, 0.3) is 5.56 Å². The van der Waals surface area contributed by atoms with Crippen molar-refractivity contribution in [1.82, 2.24) is 14.5 Å². The van der Waals surface area contributed by atoms with Crippen molar-refractivity contribution in [2.24, 2.45) is 0 Å². The summed E-state index contributed by atoms with van der Waals surface area (Å²) in [6.07, 6.45) is 0. The number of aromatic nitrogens is 2. The third kappa shape index (κ3) is 5.55. The first-order chi connectivity index (χ1) is 15.1. The highest BCUT2D eigenvalue weighted by molar-refractivity contribution is 7.98. The van der Waals surface area contributed by atoms with Crippen LogP contribution in [0.3, 0.4) is 0 Å². The summed E-state index contributed by atoms with van der Waals surface area (Å²) >= 11 is 3.24. The Morgan fingerprint density at radius 1 is 1.10 bits per heavy atom. The highest BCUT2D eigenvalue weighted by atomic mass is 32.2. The molecule has 7 heteroatoms. The summed E-state index contributed by atoms with van der Waals surface area (Å²) in [5, 5.41) is 3.35. The van der Waals surface area contributed by atoms with Gasteiger partial charge in [-0.25, -0.2) is 4.98 Å². The number of nitrogens with zero attached hydrogens (tertiary/aromatic N) is 3. The number of thioether (sulfide) groups is 1. The second-order valence-corrected chi connectivity index (χ2v) is 9.44. The normalized spacial score (nSPS) is 11.3. The molecule has 0 bridgehead atoms.